The molecule has 3 rings (SSSR count). The molecule has 1 heterocycles. The molecule has 2 aromatic rings. The van der Waals surface area contributed by atoms with Gasteiger partial charge in [0.05, 0.1) is 16.3 Å². The van der Waals surface area contributed by atoms with E-state index in [0.29, 0.717) is 17.0 Å². The number of hydrogen-bond donors (Lipinski definition) is 1. The van der Waals surface area contributed by atoms with Crippen molar-refractivity contribution in [2.45, 2.75) is 25.2 Å². The van der Waals surface area contributed by atoms with E-state index in [-0.39, 0.29) is 10.9 Å². The van der Waals surface area contributed by atoms with Crippen LogP contribution in [0.4, 0.5) is 10.3 Å². The van der Waals surface area contributed by atoms with Gasteiger partial charge < -0.3 is 10.3 Å². The molecule has 0 saturated heterocycles. The summed E-state index contributed by atoms with van der Waals surface area (Å²) in [7, 11) is 0. The first kappa shape index (κ1) is 11.5. The number of halogens is 2. The Labute approximate surface area is 109 Å². The van der Waals surface area contributed by atoms with Crippen molar-refractivity contribution in [1.82, 2.24) is 5.16 Å². The lowest BCUT2D eigenvalue weighted by atomic mass is 9.80. The van der Waals surface area contributed by atoms with E-state index in [4.69, 9.17) is 21.9 Å². The van der Waals surface area contributed by atoms with Crippen molar-refractivity contribution in [3.63, 3.8) is 0 Å². The molecule has 2 N–H and O–H groups in total. The van der Waals surface area contributed by atoms with Crippen LogP contribution in [-0.2, 0) is 0 Å². The third kappa shape index (κ3) is 1.68. The summed E-state index contributed by atoms with van der Waals surface area (Å²) < 4.78 is 19.1. The maximum atomic E-state index is 14.1. The highest BCUT2D eigenvalue weighted by atomic mass is 35.5. The van der Waals surface area contributed by atoms with Crippen LogP contribution < -0.4 is 5.73 Å². The van der Waals surface area contributed by atoms with E-state index < -0.39 is 5.82 Å². The Kier molecular flexibility index (Phi) is 2.74. The van der Waals surface area contributed by atoms with E-state index in [1.807, 2.05) is 0 Å². The van der Waals surface area contributed by atoms with Gasteiger partial charge in [-0.25, -0.2) is 4.39 Å². The van der Waals surface area contributed by atoms with Crippen LogP contribution in [-0.4, -0.2) is 5.16 Å². The molecule has 0 amide bonds. The zero-order valence-corrected chi connectivity index (χ0v) is 10.4. The molecule has 0 radical (unpaired) electrons. The molecule has 0 unspecified atom stereocenters. The Morgan fingerprint density at radius 1 is 1.39 bits per heavy atom. The fraction of sp³-hybridized carbons (Fsp3) is 0.308. The molecule has 0 bridgehead atoms. The summed E-state index contributed by atoms with van der Waals surface area (Å²) in [5.41, 5.74) is 7.44. The Balaban J connectivity index is 2.15. The fourth-order valence-corrected chi connectivity index (χ4v) is 2.42. The lowest BCUT2D eigenvalue weighted by Gasteiger charge is -2.23. The third-order valence-electron chi connectivity index (χ3n) is 3.46. The normalized spacial score (nSPS) is 15.7. The second-order valence-corrected chi connectivity index (χ2v) is 4.94. The van der Waals surface area contributed by atoms with Gasteiger partial charge in [-0.15, -0.1) is 0 Å². The summed E-state index contributed by atoms with van der Waals surface area (Å²) in [5, 5.41) is 4.05. The van der Waals surface area contributed by atoms with Gasteiger partial charge in [-0.2, -0.15) is 0 Å². The van der Waals surface area contributed by atoms with E-state index in [1.54, 1.807) is 12.1 Å². The molecule has 1 aliphatic rings. The average molecular weight is 267 g/mol. The van der Waals surface area contributed by atoms with Crippen molar-refractivity contribution in [3.8, 4) is 11.1 Å². The summed E-state index contributed by atoms with van der Waals surface area (Å²) in [5.74, 6) is -0.00728. The summed E-state index contributed by atoms with van der Waals surface area (Å²) in [6.45, 7) is 0. The molecule has 0 aliphatic heterocycles. The molecule has 0 spiro atoms. The second-order valence-electron chi connectivity index (χ2n) is 4.54. The lowest BCUT2D eigenvalue weighted by molar-refractivity contribution is 0.369. The first-order valence-corrected chi connectivity index (χ1v) is 6.25. The number of hydrogen-bond acceptors (Lipinski definition) is 3. The van der Waals surface area contributed by atoms with Gasteiger partial charge in [0.1, 0.15) is 5.82 Å². The van der Waals surface area contributed by atoms with Gasteiger partial charge in [-0.1, -0.05) is 35.3 Å². The number of nitrogens with zero attached hydrogens (tertiary/aromatic N) is 1. The SMILES string of the molecule is Nc1onc(C2CCC2)c1-c1cccc(Cl)c1F. The molecule has 94 valence electrons. The quantitative estimate of drug-likeness (QED) is 0.894. The highest BCUT2D eigenvalue weighted by Crippen LogP contribution is 2.43. The maximum absolute atomic E-state index is 14.1. The summed E-state index contributed by atoms with van der Waals surface area (Å²) >= 11 is 5.80. The Hall–Kier alpha value is -1.55. The number of nitrogens with two attached hydrogens (primary N) is 1. The van der Waals surface area contributed by atoms with Crippen molar-refractivity contribution < 1.29 is 8.91 Å². The van der Waals surface area contributed by atoms with Crippen molar-refractivity contribution in [3.05, 3.63) is 34.7 Å². The predicted molar refractivity (Wildman–Crippen MR) is 67.9 cm³/mol. The molecule has 1 aromatic heterocycles. The first-order chi connectivity index (χ1) is 8.68. The van der Waals surface area contributed by atoms with E-state index in [1.165, 1.54) is 6.07 Å². The van der Waals surface area contributed by atoms with Gasteiger partial charge >= 0.3 is 0 Å². The number of nitrogen functional groups attached to an aromatic ring is 1. The van der Waals surface area contributed by atoms with Crippen LogP contribution in [0.2, 0.25) is 5.02 Å². The van der Waals surface area contributed by atoms with Crippen LogP contribution in [0.15, 0.2) is 22.7 Å². The predicted octanol–water partition coefficient (Wildman–Crippen LogP) is 3.98. The van der Waals surface area contributed by atoms with Crippen molar-refractivity contribution in [2.75, 3.05) is 5.73 Å². The topological polar surface area (TPSA) is 52.0 Å². The molecule has 1 aliphatic carbocycles. The summed E-state index contributed by atoms with van der Waals surface area (Å²) in [6, 6.07) is 4.84. The summed E-state index contributed by atoms with van der Waals surface area (Å²) in [4.78, 5) is 0. The van der Waals surface area contributed by atoms with Crippen molar-refractivity contribution in [1.29, 1.82) is 0 Å². The minimum atomic E-state index is -0.477. The van der Waals surface area contributed by atoms with Crippen LogP contribution in [0, 0.1) is 5.82 Å². The van der Waals surface area contributed by atoms with Crippen molar-refractivity contribution in [2.24, 2.45) is 0 Å². The molecule has 1 fully saturated rings. The van der Waals surface area contributed by atoms with Gasteiger partial charge in [0.15, 0.2) is 0 Å². The minimum absolute atomic E-state index is 0.0765. The third-order valence-corrected chi connectivity index (χ3v) is 3.75. The first-order valence-electron chi connectivity index (χ1n) is 5.88. The number of benzene rings is 1. The Morgan fingerprint density at radius 3 is 2.83 bits per heavy atom. The van der Waals surface area contributed by atoms with Crippen molar-refractivity contribution >= 4 is 17.5 Å². The highest BCUT2D eigenvalue weighted by molar-refractivity contribution is 6.31. The molecule has 1 saturated carbocycles. The molecule has 3 nitrogen and oxygen atoms in total. The van der Waals surface area contributed by atoms with Gasteiger partial charge in [-0.3, -0.25) is 0 Å². The largest absolute Gasteiger partial charge is 0.367 e. The zero-order valence-electron chi connectivity index (χ0n) is 9.62. The molecular formula is C13H12ClFN2O. The number of aromatic nitrogens is 1. The maximum Gasteiger partial charge on any atom is 0.230 e. The standard InChI is InChI=1S/C13H12ClFN2O/c14-9-6-2-5-8(11(9)15)10-12(7-3-1-4-7)17-18-13(10)16/h2,5-7H,1,3-4,16H2. The minimum Gasteiger partial charge on any atom is -0.367 e. The van der Waals surface area contributed by atoms with E-state index in [0.717, 1.165) is 25.0 Å². The monoisotopic (exact) mass is 266 g/mol. The van der Waals surface area contributed by atoms with Gasteiger partial charge in [0, 0.05) is 11.5 Å². The van der Waals surface area contributed by atoms with Crippen LogP contribution >= 0.6 is 11.6 Å². The lowest BCUT2D eigenvalue weighted by Crippen LogP contribution is -2.10. The average Bonchev–Trinajstić information content (AvgIpc) is 2.63. The van der Waals surface area contributed by atoms with Gasteiger partial charge in [0.25, 0.3) is 0 Å². The molecule has 5 heteroatoms. The molecule has 0 atom stereocenters. The zero-order chi connectivity index (χ0) is 12.7. The second kappa shape index (κ2) is 4.28. The van der Waals surface area contributed by atoms with Crippen LogP contribution in [0.5, 0.6) is 0 Å². The molecule has 18 heavy (non-hydrogen) atoms. The fourth-order valence-electron chi connectivity index (χ4n) is 2.24. The van der Waals surface area contributed by atoms with Crippen LogP contribution in [0.25, 0.3) is 11.1 Å². The smallest absolute Gasteiger partial charge is 0.230 e. The number of rotatable bonds is 2. The Morgan fingerprint density at radius 2 is 2.17 bits per heavy atom. The van der Waals surface area contributed by atoms with E-state index >= 15 is 0 Å². The van der Waals surface area contributed by atoms with Gasteiger partial charge in [0.2, 0.25) is 5.88 Å². The highest BCUT2D eigenvalue weighted by Gasteiger charge is 2.29. The molecular weight excluding hydrogens is 255 g/mol. The van der Waals surface area contributed by atoms with Gasteiger partial charge in [-0.05, 0) is 18.9 Å². The molecule has 1 aromatic carbocycles. The Bertz CT molecular complexity index is 593. The number of anilines is 1. The summed E-state index contributed by atoms with van der Waals surface area (Å²) in [6.07, 6.45) is 3.25. The van der Waals surface area contributed by atoms with E-state index in [9.17, 15) is 4.39 Å². The van der Waals surface area contributed by atoms with Crippen LogP contribution in [0.1, 0.15) is 30.9 Å². The van der Waals surface area contributed by atoms with E-state index in [2.05, 4.69) is 5.16 Å². The van der Waals surface area contributed by atoms with Crippen LogP contribution in [0.3, 0.4) is 0 Å².